The van der Waals surface area contributed by atoms with Crippen LogP contribution >= 0.6 is 0 Å². The minimum absolute atomic E-state index is 0.0542. The van der Waals surface area contributed by atoms with Gasteiger partial charge >= 0.3 is 12.1 Å². The van der Waals surface area contributed by atoms with E-state index in [0.717, 1.165) is 6.33 Å². The quantitative estimate of drug-likeness (QED) is 0.795. The van der Waals surface area contributed by atoms with E-state index in [4.69, 9.17) is 5.11 Å². The van der Waals surface area contributed by atoms with E-state index in [2.05, 4.69) is 15.3 Å². The van der Waals surface area contributed by atoms with Crippen molar-refractivity contribution in [2.24, 2.45) is 5.92 Å². The van der Waals surface area contributed by atoms with Crippen molar-refractivity contribution in [3.05, 3.63) is 17.7 Å². The third-order valence-corrected chi connectivity index (χ3v) is 3.54. The number of carbonyl (C=O) groups is 2. The molecule has 6 nitrogen and oxygen atoms in total. The largest absolute Gasteiger partial charge is 0.477 e. The van der Waals surface area contributed by atoms with Gasteiger partial charge in [0.1, 0.15) is 0 Å². The lowest BCUT2D eigenvalue weighted by Gasteiger charge is -2.30. The molecule has 0 radical (unpaired) electrons. The Morgan fingerprint density at radius 1 is 1.38 bits per heavy atom. The number of nitrogens with zero attached hydrogens (tertiary/aromatic N) is 1. The maximum Gasteiger partial charge on any atom is 0.391 e. The van der Waals surface area contributed by atoms with E-state index in [9.17, 15) is 22.8 Å². The van der Waals surface area contributed by atoms with Crippen molar-refractivity contribution in [2.45, 2.75) is 37.9 Å². The van der Waals surface area contributed by atoms with Gasteiger partial charge in [-0.1, -0.05) is 6.42 Å². The molecule has 0 spiro atoms. The Morgan fingerprint density at radius 3 is 2.71 bits per heavy atom. The fraction of sp³-hybridized carbons (Fsp3) is 0.583. The number of aromatic nitrogens is 2. The van der Waals surface area contributed by atoms with Gasteiger partial charge in [-0.15, -0.1) is 0 Å². The average molecular weight is 305 g/mol. The van der Waals surface area contributed by atoms with Crippen molar-refractivity contribution in [3.8, 4) is 0 Å². The molecule has 2 unspecified atom stereocenters. The van der Waals surface area contributed by atoms with Crippen LogP contribution in [-0.2, 0) is 0 Å². The summed E-state index contributed by atoms with van der Waals surface area (Å²) in [5, 5.41) is 11.3. The number of halogens is 3. The van der Waals surface area contributed by atoms with E-state index in [1.165, 1.54) is 0 Å². The number of amides is 1. The molecule has 1 aliphatic carbocycles. The highest BCUT2D eigenvalue weighted by atomic mass is 19.4. The first-order valence-electron chi connectivity index (χ1n) is 6.43. The molecule has 0 aromatic carbocycles. The molecule has 0 bridgehead atoms. The summed E-state index contributed by atoms with van der Waals surface area (Å²) in [4.78, 5) is 28.7. The van der Waals surface area contributed by atoms with E-state index >= 15 is 0 Å². The average Bonchev–Trinajstić information content (AvgIpc) is 2.87. The Bertz CT molecular complexity index is 541. The van der Waals surface area contributed by atoms with Crippen LogP contribution in [0.1, 0.15) is 46.7 Å². The minimum atomic E-state index is -4.28. The number of H-pyrrole nitrogens is 1. The lowest BCUT2D eigenvalue weighted by atomic mass is 9.85. The third kappa shape index (κ3) is 3.53. The first kappa shape index (κ1) is 15.3. The maximum atomic E-state index is 12.7. The van der Waals surface area contributed by atoms with Gasteiger partial charge in [-0.3, -0.25) is 4.79 Å². The molecule has 1 aromatic heterocycles. The second kappa shape index (κ2) is 5.74. The third-order valence-electron chi connectivity index (χ3n) is 3.54. The summed E-state index contributed by atoms with van der Waals surface area (Å²) in [5.74, 6) is -3.56. The first-order valence-corrected chi connectivity index (χ1v) is 6.43. The highest BCUT2D eigenvalue weighted by molar-refractivity contribution is 6.02. The number of nitrogens with one attached hydrogen (secondary N) is 2. The summed E-state index contributed by atoms with van der Waals surface area (Å²) in [7, 11) is 0. The standard InChI is InChI=1S/C12H14F3N3O3/c13-12(14,15)6-2-1-3-7(4-6)18-10(19)8-9(11(20)21)17-5-16-8/h5-7H,1-4H2,(H,16,17)(H,18,19)(H,20,21). The number of carbonyl (C=O) groups excluding carboxylic acids is 1. The van der Waals surface area contributed by atoms with Crippen LogP contribution in [0.5, 0.6) is 0 Å². The summed E-state index contributed by atoms with van der Waals surface area (Å²) >= 11 is 0. The number of aromatic carboxylic acids is 1. The predicted molar refractivity (Wildman–Crippen MR) is 64.8 cm³/mol. The molecule has 1 fully saturated rings. The topological polar surface area (TPSA) is 95.1 Å². The molecule has 1 aromatic rings. The molecule has 2 rings (SSSR count). The SMILES string of the molecule is O=C(NC1CCCC(C(F)(F)F)C1)c1nc[nH]c1C(=O)O. The van der Waals surface area contributed by atoms with Gasteiger partial charge < -0.3 is 15.4 Å². The molecular formula is C12H14F3N3O3. The van der Waals surface area contributed by atoms with Crippen molar-refractivity contribution in [1.82, 2.24) is 15.3 Å². The molecule has 9 heteroatoms. The van der Waals surface area contributed by atoms with Crippen LogP contribution in [0.15, 0.2) is 6.33 Å². The van der Waals surface area contributed by atoms with Crippen molar-refractivity contribution in [2.75, 3.05) is 0 Å². The smallest absolute Gasteiger partial charge is 0.391 e. The number of hydrogen-bond donors (Lipinski definition) is 3. The van der Waals surface area contributed by atoms with Crippen LogP contribution in [0.25, 0.3) is 0 Å². The Morgan fingerprint density at radius 2 is 2.10 bits per heavy atom. The summed E-state index contributed by atoms with van der Waals surface area (Å²) in [6.45, 7) is 0. The van der Waals surface area contributed by atoms with Crippen LogP contribution in [0, 0.1) is 5.92 Å². The zero-order chi connectivity index (χ0) is 15.6. The summed E-state index contributed by atoms with van der Waals surface area (Å²) < 4.78 is 38.1. The van der Waals surface area contributed by atoms with Gasteiger partial charge in [-0.2, -0.15) is 13.2 Å². The zero-order valence-corrected chi connectivity index (χ0v) is 10.9. The maximum absolute atomic E-state index is 12.7. The van der Waals surface area contributed by atoms with Crippen molar-refractivity contribution in [3.63, 3.8) is 0 Å². The molecule has 1 amide bonds. The normalized spacial score (nSPS) is 22.8. The van der Waals surface area contributed by atoms with Gasteiger partial charge in [0.2, 0.25) is 0 Å². The second-order valence-corrected chi connectivity index (χ2v) is 5.01. The van der Waals surface area contributed by atoms with Crippen molar-refractivity contribution >= 4 is 11.9 Å². The van der Waals surface area contributed by atoms with E-state index in [1.807, 2.05) is 0 Å². The van der Waals surface area contributed by atoms with Crippen LogP contribution in [0.4, 0.5) is 13.2 Å². The Hall–Kier alpha value is -2.06. The number of rotatable bonds is 3. The summed E-state index contributed by atoms with van der Waals surface area (Å²) in [5.41, 5.74) is -0.702. The number of imidazole rings is 1. The number of alkyl halides is 3. The van der Waals surface area contributed by atoms with E-state index in [-0.39, 0.29) is 24.2 Å². The van der Waals surface area contributed by atoms with Gasteiger partial charge in [-0.25, -0.2) is 9.78 Å². The number of hydrogen-bond acceptors (Lipinski definition) is 3. The van der Waals surface area contributed by atoms with Crippen LogP contribution in [0.3, 0.4) is 0 Å². The fourth-order valence-electron chi connectivity index (χ4n) is 2.50. The molecule has 21 heavy (non-hydrogen) atoms. The summed E-state index contributed by atoms with van der Waals surface area (Å²) in [6.07, 6.45) is -2.56. The molecule has 2 atom stereocenters. The molecule has 116 valence electrons. The zero-order valence-electron chi connectivity index (χ0n) is 10.9. The highest BCUT2D eigenvalue weighted by Crippen LogP contribution is 2.37. The fourth-order valence-corrected chi connectivity index (χ4v) is 2.50. The molecule has 1 saturated carbocycles. The monoisotopic (exact) mass is 305 g/mol. The van der Waals surface area contributed by atoms with Crippen LogP contribution in [-0.4, -0.2) is 39.2 Å². The minimum Gasteiger partial charge on any atom is -0.477 e. The Balaban J connectivity index is 2.02. The van der Waals surface area contributed by atoms with Crippen LogP contribution in [0.2, 0.25) is 0 Å². The number of aromatic amines is 1. The molecule has 0 saturated heterocycles. The Labute approximate surface area is 117 Å². The lowest BCUT2D eigenvalue weighted by Crippen LogP contribution is -2.42. The Kier molecular flexibility index (Phi) is 4.19. The highest BCUT2D eigenvalue weighted by Gasteiger charge is 2.42. The van der Waals surface area contributed by atoms with Gasteiger partial charge in [0.05, 0.1) is 12.2 Å². The van der Waals surface area contributed by atoms with Gasteiger partial charge in [0.15, 0.2) is 11.4 Å². The molecule has 1 aliphatic rings. The molecule has 0 aliphatic heterocycles. The molecule has 1 heterocycles. The second-order valence-electron chi connectivity index (χ2n) is 5.01. The number of carboxylic acids is 1. The van der Waals surface area contributed by atoms with E-state index < -0.39 is 30.0 Å². The predicted octanol–water partition coefficient (Wildman–Crippen LogP) is 1.96. The molecule has 3 N–H and O–H groups in total. The molecular weight excluding hydrogens is 291 g/mol. The first-order chi connectivity index (χ1) is 9.79. The number of carboxylic acid groups (broad SMARTS) is 1. The van der Waals surface area contributed by atoms with Crippen molar-refractivity contribution < 1.29 is 27.9 Å². The lowest BCUT2D eigenvalue weighted by molar-refractivity contribution is -0.183. The van der Waals surface area contributed by atoms with E-state index in [1.54, 1.807) is 0 Å². The summed E-state index contributed by atoms with van der Waals surface area (Å²) in [6, 6.07) is -0.629. The van der Waals surface area contributed by atoms with Gasteiger partial charge in [-0.05, 0) is 19.3 Å². The van der Waals surface area contributed by atoms with E-state index in [0.29, 0.717) is 12.8 Å². The van der Waals surface area contributed by atoms with Crippen molar-refractivity contribution in [1.29, 1.82) is 0 Å². The van der Waals surface area contributed by atoms with Gasteiger partial charge in [0.25, 0.3) is 5.91 Å². The van der Waals surface area contributed by atoms with Gasteiger partial charge in [0, 0.05) is 6.04 Å². The van der Waals surface area contributed by atoms with Crippen LogP contribution < -0.4 is 5.32 Å².